The molecule has 0 unspecified atom stereocenters. The van der Waals surface area contributed by atoms with E-state index in [1.165, 1.54) is 6.07 Å². The van der Waals surface area contributed by atoms with Gasteiger partial charge in [-0.05, 0) is 33.4 Å². The second-order valence-electron chi connectivity index (χ2n) is 8.33. The number of hydrogen-bond acceptors (Lipinski definition) is 5. The Morgan fingerprint density at radius 1 is 1.18 bits per heavy atom. The zero-order chi connectivity index (χ0) is 20.3. The monoisotopic (exact) mass is 391 g/mol. The smallest absolute Gasteiger partial charge is 0.266 e. The van der Waals surface area contributed by atoms with Gasteiger partial charge in [0.1, 0.15) is 0 Å². The summed E-state index contributed by atoms with van der Waals surface area (Å²) in [5, 5.41) is 4.46. The largest absolute Gasteiger partial charge is 0.342 e. The lowest BCUT2D eigenvalue weighted by Crippen LogP contribution is -2.56. The SMILES string of the molecule is CN(C)CCN1C[C@@]2(CCCN(C(=O)Cc3cc(=O)[nH][nH]c3=O)C2)CCC1=O. The van der Waals surface area contributed by atoms with Crippen molar-refractivity contribution in [3.05, 3.63) is 32.3 Å². The topological polar surface area (TPSA) is 110 Å². The lowest BCUT2D eigenvalue weighted by molar-refractivity contribution is -0.142. The predicted molar refractivity (Wildman–Crippen MR) is 104 cm³/mol. The first-order valence-electron chi connectivity index (χ1n) is 9.79. The molecule has 2 amide bonds. The summed E-state index contributed by atoms with van der Waals surface area (Å²) in [4.78, 5) is 54.2. The molecule has 2 aliphatic rings. The summed E-state index contributed by atoms with van der Waals surface area (Å²) in [6, 6.07) is 1.18. The first-order chi connectivity index (χ1) is 13.3. The second kappa shape index (κ2) is 8.30. The molecular formula is C19H29N5O4. The number of rotatable bonds is 5. The first kappa shape index (κ1) is 20.3. The Kier molecular flexibility index (Phi) is 6.02. The highest BCUT2D eigenvalue weighted by Crippen LogP contribution is 2.38. The fourth-order valence-corrected chi connectivity index (χ4v) is 4.25. The molecule has 2 N–H and O–H groups in total. The van der Waals surface area contributed by atoms with Crippen LogP contribution in [0.3, 0.4) is 0 Å². The lowest BCUT2D eigenvalue weighted by Gasteiger charge is -2.48. The molecule has 9 heteroatoms. The van der Waals surface area contributed by atoms with E-state index in [2.05, 4.69) is 15.1 Å². The molecule has 2 saturated heterocycles. The summed E-state index contributed by atoms with van der Waals surface area (Å²) in [6.07, 6.45) is 3.10. The van der Waals surface area contributed by atoms with E-state index in [9.17, 15) is 19.2 Å². The van der Waals surface area contributed by atoms with Crippen LogP contribution in [0, 0.1) is 5.41 Å². The normalized spacial score (nSPS) is 22.9. The van der Waals surface area contributed by atoms with Crippen molar-refractivity contribution in [1.82, 2.24) is 24.9 Å². The lowest BCUT2D eigenvalue weighted by atomic mass is 9.73. The van der Waals surface area contributed by atoms with Crippen molar-refractivity contribution >= 4 is 11.8 Å². The van der Waals surface area contributed by atoms with Gasteiger partial charge in [0.05, 0.1) is 6.42 Å². The average Bonchev–Trinajstić information content (AvgIpc) is 2.66. The summed E-state index contributed by atoms with van der Waals surface area (Å²) < 4.78 is 0. The van der Waals surface area contributed by atoms with Gasteiger partial charge in [0.15, 0.2) is 0 Å². The summed E-state index contributed by atoms with van der Waals surface area (Å²) in [5.41, 5.74) is -0.772. The third-order valence-electron chi connectivity index (χ3n) is 5.82. The number of amides is 2. The van der Waals surface area contributed by atoms with Crippen LogP contribution < -0.4 is 11.1 Å². The number of aromatic nitrogens is 2. The number of piperidine rings is 2. The quantitative estimate of drug-likeness (QED) is 0.697. The molecule has 2 aliphatic heterocycles. The van der Waals surface area contributed by atoms with Crippen LogP contribution in [0.15, 0.2) is 15.7 Å². The molecule has 0 saturated carbocycles. The van der Waals surface area contributed by atoms with E-state index in [0.29, 0.717) is 32.6 Å². The third-order valence-corrected chi connectivity index (χ3v) is 5.82. The van der Waals surface area contributed by atoms with Crippen LogP contribution in [0.1, 0.15) is 31.2 Å². The van der Waals surface area contributed by atoms with Gasteiger partial charge in [-0.15, -0.1) is 0 Å². The van der Waals surface area contributed by atoms with Gasteiger partial charge in [0.25, 0.3) is 11.1 Å². The number of aromatic amines is 2. The number of carbonyl (C=O) groups excluding carboxylic acids is 2. The van der Waals surface area contributed by atoms with E-state index in [1.54, 1.807) is 4.90 Å². The van der Waals surface area contributed by atoms with Crippen LogP contribution in [0.25, 0.3) is 0 Å². The standard InChI is InChI=1S/C19H29N5O4/c1-22(2)8-9-24-13-19(6-4-16(24)26)5-3-7-23(12-19)17(27)11-14-10-15(25)20-21-18(14)28/h10H,3-9,11-13H2,1-2H3,(H,20,25)(H,21,28)/t19-/m0/s1. The van der Waals surface area contributed by atoms with Crippen LogP contribution in [0.2, 0.25) is 0 Å². The zero-order valence-corrected chi connectivity index (χ0v) is 16.6. The highest BCUT2D eigenvalue weighted by molar-refractivity contribution is 5.79. The molecule has 28 heavy (non-hydrogen) atoms. The van der Waals surface area contributed by atoms with Gasteiger partial charge in [-0.25, -0.2) is 0 Å². The van der Waals surface area contributed by atoms with Crippen molar-refractivity contribution in [2.45, 2.75) is 32.1 Å². The van der Waals surface area contributed by atoms with E-state index in [1.807, 2.05) is 19.0 Å². The Morgan fingerprint density at radius 3 is 2.71 bits per heavy atom. The summed E-state index contributed by atoms with van der Waals surface area (Å²) in [5.74, 6) is 0.0397. The summed E-state index contributed by atoms with van der Waals surface area (Å²) >= 11 is 0. The van der Waals surface area contributed by atoms with E-state index in [0.717, 1.165) is 25.8 Å². The van der Waals surface area contributed by atoms with Crippen molar-refractivity contribution in [1.29, 1.82) is 0 Å². The van der Waals surface area contributed by atoms with Gasteiger partial charge in [-0.3, -0.25) is 29.4 Å². The minimum absolute atomic E-state index is 0.0747. The number of nitrogens with one attached hydrogen (secondary N) is 2. The molecule has 0 aliphatic carbocycles. The van der Waals surface area contributed by atoms with Crippen molar-refractivity contribution in [2.75, 3.05) is 46.8 Å². The van der Waals surface area contributed by atoms with Crippen LogP contribution >= 0.6 is 0 Å². The molecule has 3 rings (SSSR count). The minimum Gasteiger partial charge on any atom is -0.342 e. The van der Waals surface area contributed by atoms with Crippen LogP contribution in [0.4, 0.5) is 0 Å². The van der Waals surface area contributed by atoms with E-state index < -0.39 is 11.1 Å². The highest BCUT2D eigenvalue weighted by Gasteiger charge is 2.42. The fraction of sp³-hybridized carbons (Fsp3) is 0.684. The Labute approximate surface area is 163 Å². The number of nitrogens with zero attached hydrogens (tertiary/aromatic N) is 3. The molecule has 1 atom stereocenters. The number of H-pyrrole nitrogens is 2. The van der Waals surface area contributed by atoms with E-state index in [-0.39, 0.29) is 29.2 Å². The minimum atomic E-state index is -0.446. The van der Waals surface area contributed by atoms with Gasteiger partial charge in [0, 0.05) is 56.2 Å². The van der Waals surface area contributed by atoms with Crippen molar-refractivity contribution in [3.63, 3.8) is 0 Å². The Hall–Kier alpha value is -2.42. The molecule has 154 valence electrons. The molecule has 1 spiro atoms. The number of likely N-dealkylation sites (N-methyl/N-ethyl adjacent to an activating group) is 1. The van der Waals surface area contributed by atoms with Gasteiger partial charge in [0.2, 0.25) is 11.8 Å². The van der Waals surface area contributed by atoms with Crippen LogP contribution in [0.5, 0.6) is 0 Å². The second-order valence-corrected chi connectivity index (χ2v) is 8.33. The summed E-state index contributed by atoms with van der Waals surface area (Å²) in [7, 11) is 3.98. The number of likely N-dealkylation sites (tertiary alicyclic amines) is 2. The molecule has 2 fully saturated rings. The fourth-order valence-electron chi connectivity index (χ4n) is 4.25. The van der Waals surface area contributed by atoms with Crippen LogP contribution in [-0.4, -0.2) is 83.5 Å². The third kappa shape index (κ3) is 4.70. The highest BCUT2D eigenvalue weighted by atomic mass is 16.2. The van der Waals surface area contributed by atoms with Gasteiger partial charge >= 0.3 is 0 Å². The first-order valence-corrected chi connectivity index (χ1v) is 9.79. The average molecular weight is 391 g/mol. The van der Waals surface area contributed by atoms with E-state index in [4.69, 9.17) is 0 Å². The number of hydrogen-bond donors (Lipinski definition) is 2. The number of carbonyl (C=O) groups is 2. The molecule has 0 bridgehead atoms. The van der Waals surface area contributed by atoms with Gasteiger partial charge in [-0.2, -0.15) is 0 Å². The van der Waals surface area contributed by atoms with Crippen molar-refractivity contribution in [2.24, 2.45) is 5.41 Å². The maximum absolute atomic E-state index is 12.8. The molecule has 1 aromatic heterocycles. The molecule has 0 radical (unpaired) electrons. The Morgan fingerprint density at radius 2 is 1.96 bits per heavy atom. The molecule has 1 aromatic rings. The molecule has 3 heterocycles. The van der Waals surface area contributed by atoms with Crippen molar-refractivity contribution < 1.29 is 9.59 Å². The Balaban J connectivity index is 1.68. The zero-order valence-electron chi connectivity index (χ0n) is 16.6. The van der Waals surface area contributed by atoms with Gasteiger partial charge < -0.3 is 14.7 Å². The van der Waals surface area contributed by atoms with Gasteiger partial charge in [-0.1, -0.05) is 0 Å². The molecular weight excluding hydrogens is 362 g/mol. The van der Waals surface area contributed by atoms with Crippen molar-refractivity contribution in [3.8, 4) is 0 Å². The summed E-state index contributed by atoms with van der Waals surface area (Å²) in [6.45, 7) is 3.43. The maximum atomic E-state index is 12.8. The Bertz CT molecular complexity index is 845. The van der Waals surface area contributed by atoms with E-state index >= 15 is 0 Å². The predicted octanol–water partition coefficient (Wildman–Crippen LogP) is -0.601. The molecule has 0 aromatic carbocycles. The van der Waals surface area contributed by atoms with Crippen LogP contribution in [-0.2, 0) is 16.0 Å². The maximum Gasteiger partial charge on any atom is 0.266 e. The molecule has 9 nitrogen and oxygen atoms in total.